The Labute approximate surface area is 166 Å². The zero-order chi connectivity index (χ0) is 20.4. The van der Waals surface area contributed by atoms with Crippen LogP contribution in [0.5, 0.6) is 5.75 Å². The molecule has 8 nitrogen and oxygen atoms in total. The fraction of sp³-hybridized carbons (Fsp3) is 0.143. The van der Waals surface area contributed by atoms with Gasteiger partial charge in [0.25, 0.3) is 0 Å². The highest BCUT2D eigenvalue weighted by molar-refractivity contribution is 5.70. The van der Waals surface area contributed by atoms with E-state index >= 15 is 0 Å². The smallest absolute Gasteiger partial charge is 0.311 e. The molecule has 0 aliphatic heterocycles. The highest BCUT2D eigenvalue weighted by Crippen LogP contribution is 2.34. The van der Waals surface area contributed by atoms with Crippen LogP contribution in [-0.2, 0) is 13.2 Å². The summed E-state index contributed by atoms with van der Waals surface area (Å²) in [5.74, 6) is 0.175. The zero-order valence-corrected chi connectivity index (χ0v) is 15.6. The molecule has 0 spiro atoms. The molecule has 0 atom stereocenters. The van der Waals surface area contributed by atoms with Crippen LogP contribution in [0.2, 0.25) is 0 Å². The second kappa shape index (κ2) is 7.69. The first-order chi connectivity index (χ1) is 14.1. The normalized spacial score (nSPS) is 11.0. The molecular formula is C21H18N4O4. The van der Waals surface area contributed by atoms with Gasteiger partial charge in [-0.2, -0.15) is 0 Å². The fourth-order valence-electron chi connectivity index (χ4n) is 3.15. The molecule has 0 aliphatic rings. The molecule has 0 saturated heterocycles. The summed E-state index contributed by atoms with van der Waals surface area (Å²) in [6.07, 6.45) is 3.37. The van der Waals surface area contributed by atoms with Gasteiger partial charge in [-0.25, -0.2) is 4.98 Å². The number of fused-ring (bicyclic) bond motifs is 1. The molecule has 0 bridgehead atoms. The second-order valence-electron chi connectivity index (χ2n) is 6.54. The molecule has 0 unspecified atom stereocenters. The lowest BCUT2D eigenvalue weighted by molar-refractivity contribution is -0.385. The maximum Gasteiger partial charge on any atom is 0.311 e. The molecule has 0 aliphatic carbocycles. The largest absolute Gasteiger partial charge is 0.482 e. The van der Waals surface area contributed by atoms with Crippen LogP contribution in [0.4, 0.5) is 5.69 Å². The SMILES string of the molecule is Cc1cn2c(CO)c(-c3ccc(OCc4ccccc4)c([N+](=O)[O-])c3)nc2cn1. The first-order valence-electron chi connectivity index (χ1n) is 8.97. The van der Waals surface area contributed by atoms with Gasteiger partial charge in [-0.05, 0) is 24.6 Å². The van der Waals surface area contributed by atoms with E-state index in [1.54, 1.807) is 28.9 Å². The summed E-state index contributed by atoms with van der Waals surface area (Å²) in [5.41, 5.74) is 3.61. The van der Waals surface area contributed by atoms with Gasteiger partial charge < -0.3 is 9.84 Å². The van der Waals surface area contributed by atoms with E-state index < -0.39 is 4.92 Å². The Morgan fingerprint density at radius 1 is 1.21 bits per heavy atom. The number of nitro groups is 1. The van der Waals surface area contributed by atoms with Gasteiger partial charge in [-0.15, -0.1) is 0 Å². The molecule has 2 aromatic carbocycles. The van der Waals surface area contributed by atoms with Gasteiger partial charge in [0.05, 0.1) is 34.8 Å². The minimum atomic E-state index is -0.482. The summed E-state index contributed by atoms with van der Waals surface area (Å²) in [4.78, 5) is 19.9. The first kappa shape index (κ1) is 18.6. The van der Waals surface area contributed by atoms with E-state index in [-0.39, 0.29) is 24.7 Å². The van der Waals surface area contributed by atoms with Crippen molar-refractivity contribution in [1.29, 1.82) is 0 Å². The van der Waals surface area contributed by atoms with Crippen LogP contribution in [-0.4, -0.2) is 24.4 Å². The van der Waals surface area contributed by atoms with E-state index in [2.05, 4.69) is 9.97 Å². The van der Waals surface area contributed by atoms with Crippen molar-refractivity contribution >= 4 is 11.3 Å². The number of rotatable bonds is 6. The van der Waals surface area contributed by atoms with Crippen LogP contribution < -0.4 is 4.74 Å². The molecule has 0 saturated carbocycles. The van der Waals surface area contributed by atoms with E-state index in [9.17, 15) is 15.2 Å². The topological polar surface area (TPSA) is 103 Å². The second-order valence-corrected chi connectivity index (χ2v) is 6.54. The number of imidazole rings is 1. The van der Waals surface area contributed by atoms with Crippen LogP contribution in [0, 0.1) is 17.0 Å². The summed E-state index contributed by atoms with van der Waals surface area (Å²) in [5, 5.41) is 21.5. The highest BCUT2D eigenvalue weighted by Gasteiger charge is 2.20. The Bertz CT molecular complexity index is 1190. The Morgan fingerprint density at radius 3 is 2.72 bits per heavy atom. The molecule has 8 heteroatoms. The Morgan fingerprint density at radius 2 is 2.00 bits per heavy atom. The summed E-state index contributed by atoms with van der Waals surface area (Å²) in [6, 6.07) is 14.1. The molecule has 4 rings (SSSR count). The summed E-state index contributed by atoms with van der Waals surface area (Å²) < 4.78 is 7.42. The van der Waals surface area contributed by atoms with E-state index in [1.807, 2.05) is 37.3 Å². The molecule has 2 aromatic heterocycles. The number of aliphatic hydroxyl groups is 1. The predicted octanol–water partition coefficient (Wildman–Crippen LogP) is 3.68. The molecule has 0 radical (unpaired) electrons. The van der Waals surface area contributed by atoms with Gasteiger partial charge in [-0.1, -0.05) is 30.3 Å². The number of ether oxygens (including phenoxy) is 1. The van der Waals surface area contributed by atoms with Crippen molar-refractivity contribution in [2.45, 2.75) is 20.1 Å². The van der Waals surface area contributed by atoms with Crippen molar-refractivity contribution in [2.75, 3.05) is 0 Å². The lowest BCUT2D eigenvalue weighted by atomic mass is 10.1. The van der Waals surface area contributed by atoms with Gasteiger partial charge >= 0.3 is 5.69 Å². The van der Waals surface area contributed by atoms with Gasteiger partial charge in [-0.3, -0.25) is 19.5 Å². The number of aliphatic hydroxyl groups excluding tert-OH is 1. The third-order valence-electron chi connectivity index (χ3n) is 4.55. The minimum absolute atomic E-state index is 0.159. The van der Waals surface area contributed by atoms with Crippen LogP contribution in [0.15, 0.2) is 60.9 Å². The van der Waals surface area contributed by atoms with Gasteiger partial charge in [0.15, 0.2) is 11.4 Å². The number of benzene rings is 2. The van der Waals surface area contributed by atoms with Gasteiger partial charge in [0.2, 0.25) is 0 Å². The number of nitro benzene ring substituents is 1. The number of aryl methyl sites for hydroxylation is 1. The molecule has 2 heterocycles. The van der Waals surface area contributed by atoms with E-state index in [4.69, 9.17) is 4.74 Å². The van der Waals surface area contributed by atoms with Crippen molar-refractivity contribution < 1.29 is 14.8 Å². The quantitative estimate of drug-likeness (QED) is 0.398. The average molecular weight is 390 g/mol. The van der Waals surface area contributed by atoms with E-state index in [0.29, 0.717) is 22.6 Å². The maximum atomic E-state index is 11.6. The highest BCUT2D eigenvalue weighted by atomic mass is 16.6. The van der Waals surface area contributed by atoms with Crippen LogP contribution >= 0.6 is 0 Å². The monoisotopic (exact) mass is 390 g/mol. The number of nitrogens with zero attached hydrogens (tertiary/aromatic N) is 4. The van der Waals surface area contributed by atoms with Crippen LogP contribution in [0.25, 0.3) is 16.9 Å². The summed E-state index contributed by atoms with van der Waals surface area (Å²) in [7, 11) is 0. The first-order valence-corrected chi connectivity index (χ1v) is 8.97. The summed E-state index contributed by atoms with van der Waals surface area (Å²) >= 11 is 0. The minimum Gasteiger partial charge on any atom is -0.482 e. The van der Waals surface area contributed by atoms with Crippen LogP contribution in [0.3, 0.4) is 0 Å². The average Bonchev–Trinajstić information content (AvgIpc) is 3.10. The zero-order valence-electron chi connectivity index (χ0n) is 15.6. The van der Waals surface area contributed by atoms with Gasteiger partial charge in [0, 0.05) is 17.8 Å². The van der Waals surface area contributed by atoms with Crippen LogP contribution in [0.1, 0.15) is 17.0 Å². The molecule has 0 amide bonds. The number of hydrogen-bond donors (Lipinski definition) is 1. The van der Waals surface area contributed by atoms with E-state index in [0.717, 1.165) is 11.3 Å². The Hall–Kier alpha value is -3.78. The van der Waals surface area contributed by atoms with Crippen molar-refractivity contribution in [3.8, 4) is 17.0 Å². The number of aromatic nitrogens is 3. The molecular weight excluding hydrogens is 372 g/mol. The standard InChI is InChI=1S/C21H18N4O4/c1-14-11-24-18(12-26)21(23-20(24)10-22-14)16-7-8-19(17(9-16)25(27)28)29-13-15-5-3-2-4-6-15/h2-11,26H,12-13H2,1H3. The third kappa shape index (κ3) is 3.65. The Balaban J connectivity index is 1.73. The summed E-state index contributed by atoms with van der Waals surface area (Å²) in [6.45, 7) is 1.80. The molecule has 29 heavy (non-hydrogen) atoms. The molecule has 1 N–H and O–H groups in total. The lowest BCUT2D eigenvalue weighted by Crippen LogP contribution is -2.00. The molecule has 4 aromatic rings. The van der Waals surface area contributed by atoms with Crippen molar-refractivity contribution in [3.63, 3.8) is 0 Å². The number of hydrogen-bond acceptors (Lipinski definition) is 6. The van der Waals surface area contributed by atoms with Crippen molar-refractivity contribution in [1.82, 2.24) is 14.4 Å². The van der Waals surface area contributed by atoms with Crippen molar-refractivity contribution in [2.24, 2.45) is 0 Å². The maximum absolute atomic E-state index is 11.6. The van der Waals surface area contributed by atoms with E-state index in [1.165, 1.54) is 6.07 Å². The predicted molar refractivity (Wildman–Crippen MR) is 107 cm³/mol. The Kier molecular flexibility index (Phi) is 4.92. The lowest BCUT2D eigenvalue weighted by Gasteiger charge is -2.08. The van der Waals surface area contributed by atoms with Crippen molar-refractivity contribution in [3.05, 3.63) is 88.0 Å². The fourth-order valence-corrected chi connectivity index (χ4v) is 3.15. The molecule has 146 valence electrons. The molecule has 0 fully saturated rings. The third-order valence-corrected chi connectivity index (χ3v) is 4.55. The van der Waals surface area contributed by atoms with Gasteiger partial charge in [0.1, 0.15) is 6.61 Å².